The zero-order chi connectivity index (χ0) is 16.1. The van der Waals surface area contributed by atoms with Gasteiger partial charge in [0.2, 0.25) is 5.91 Å². The fourth-order valence-electron chi connectivity index (χ4n) is 3.20. The summed E-state index contributed by atoms with van der Waals surface area (Å²) in [6, 6.07) is 3.82. The van der Waals surface area contributed by atoms with E-state index in [0.717, 1.165) is 50.3 Å². The van der Waals surface area contributed by atoms with Crippen molar-refractivity contribution in [1.82, 2.24) is 24.6 Å². The molecule has 0 saturated carbocycles. The molecule has 1 atom stereocenters. The van der Waals surface area contributed by atoms with Gasteiger partial charge >= 0.3 is 0 Å². The lowest BCUT2D eigenvalue weighted by Gasteiger charge is -2.32. The summed E-state index contributed by atoms with van der Waals surface area (Å²) in [5, 5.41) is 8.36. The number of hydrogen-bond acceptors (Lipinski definition) is 4. The predicted molar refractivity (Wildman–Crippen MR) is 86.8 cm³/mol. The fourth-order valence-corrected chi connectivity index (χ4v) is 3.20. The maximum absolute atomic E-state index is 12.5. The SMILES string of the molecule is CCCn1cnnc1C1CCCN(C(=O)Cc2cccnc2)C1. The van der Waals surface area contributed by atoms with Gasteiger partial charge in [-0.15, -0.1) is 10.2 Å². The molecule has 1 aliphatic rings. The molecular weight excluding hydrogens is 290 g/mol. The van der Waals surface area contributed by atoms with Crippen LogP contribution in [-0.2, 0) is 17.8 Å². The predicted octanol–water partition coefficient (Wildman–Crippen LogP) is 2.03. The van der Waals surface area contributed by atoms with Crippen LogP contribution in [0.25, 0.3) is 0 Å². The highest BCUT2D eigenvalue weighted by Crippen LogP contribution is 2.26. The van der Waals surface area contributed by atoms with E-state index < -0.39 is 0 Å². The van der Waals surface area contributed by atoms with Gasteiger partial charge in [-0.1, -0.05) is 13.0 Å². The minimum atomic E-state index is 0.171. The molecule has 1 fully saturated rings. The van der Waals surface area contributed by atoms with Crippen LogP contribution in [0.15, 0.2) is 30.9 Å². The van der Waals surface area contributed by atoms with Gasteiger partial charge < -0.3 is 9.47 Å². The highest BCUT2D eigenvalue weighted by atomic mass is 16.2. The van der Waals surface area contributed by atoms with Crippen LogP contribution in [0.2, 0.25) is 0 Å². The quantitative estimate of drug-likeness (QED) is 0.847. The summed E-state index contributed by atoms with van der Waals surface area (Å²) in [5.74, 6) is 1.48. The van der Waals surface area contributed by atoms with Crippen LogP contribution >= 0.6 is 0 Å². The van der Waals surface area contributed by atoms with E-state index in [1.807, 2.05) is 17.0 Å². The standard InChI is InChI=1S/C17H23N5O/c1-2-8-22-13-19-20-17(22)15-6-4-9-21(12-15)16(23)10-14-5-3-7-18-11-14/h3,5,7,11,13,15H,2,4,6,8-10,12H2,1H3. The Labute approximate surface area is 136 Å². The highest BCUT2D eigenvalue weighted by Gasteiger charge is 2.27. The third kappa shape index (κ3) is 3.75. The van der Waals surface area contributed by atoms with Crippen LogP contribution in [0.3, 0.4) is 0 Å². The first-order valence-corrected chi connectivity index (χ1v) is 8.32. The zero-order valence-corrected chi connectivity index (χ0v) is 13.6. The average Bonchev–Trinajstić information content (AvgIpc) is 3.04. The molecule has 3 rings (SSSR count). The molecule has 1 aliphatic heterocycles. The molecule has 0 spiro atoms. The van der Waals surface area contributed by atoms with Crippen LogP contribution in [-0.4, -0.2) is 43.6 Å². The molecule has 1 saturated heterocycles. The number of piperidine rings is 1. The first-order chi connectivity index (χ1) is 11.3. The maximum Gasteiger partial charge on any atom is 0.227 e. The number of carbonyl (C=O) groups is 1. The Bertz CT molecular complexity index is 639. The Morgan fingerprint density at radius 3 is 3.13 bits per heavy atom. The van der Waals surface area contributed by atoms with Crippen LogP contribution in [0.1, 0.15) is 43.5 Å². The van der Waals surface area contributed by atoms with E-state index in [-0.39, 0.29) is 11.8 Å². The number of amides is 1. The van der Waals surface area contributed by atoms with Gasteiger partial charge in [0.15, 0.2) is 0 Å². The lowest BCUT2D eigenvalue weighted by atomic mass is 9.96. The molecule has 0 aliphatic carbocycles. The number of aromatic nitrogens is 4. The highest BCUT2D eigenvalue weighted by molar-refractivity contribution is 5.78. The molecule has 2 aromatic heterocycles. The Morgan fingerprint density at radius 2 is 2.35 bits per heavy atom. The molecular formula is C17H23N5O. The molecule has 23 heavy (non-hydrogen) atoms. The Hall–Kier alpha value is -2.24. The minimum absolute atomic E-state index is 0.171. The molecule has 1 unspecified atom stereocenters. The normalized spacial score (nSPS) is 18.1. The Kier molecular flexibility index (Phi) is 5.00. The summed E-state index contributed by atoms with van der Waals surface area (Å²) in [7, 11) is 0. The van der Waals surface area contributed by atoms with Gasteiger partial charge in [0, 0.05) is 37.9 Å². The second kappa shape index (κ2) is 7.35. The molecule has 0 radical (unpaired) electrons. The van der Waals surface area contributed by atoms with E-state index in [0.29, 0.717) is 6.42 Å². The van der Waals surface area contributed by atoms with Crippen molar-refractivity contribution >= 4 is 5.91 Å². The lowest BCUT2D eigenvalue weighted by molar-refractivity contribution is -0.131. The van der Waals surface area contributed by atoms with Gasteiger partial charge in [0.25, 0.3) is 0 Å². The third-order valence-electron chi connectivity index (χ3n) is 4.33. The molecule has 0 aromatic carbocycles. The number of nitrogens with zero attached hydrogens (tertiary/aromatic N) is 5. The van der Waals surface area contributed by atoms with Gasteiger partial charge in [0.05, 0.1) is 6.42 Å². The van der Waals surface area contributed by atoms with E-state index >= 15 is 0 Å². The van der Waals surface area contributed by atoms with Crippen LogP contribution in [0.5, 0.6) is 0 Å². The van der Waals surface area contributed by atoms with Gasteiger partial charge in [-0.2, -0.15) is 0 Å². The minimum Gasteiger partial charge on any atom is -0.342 e. The van der Waals surface area contributed by atoms with Crippen molar-refractivity contribution in [3.8, 4) is 0 Å². The number of hydrogen-bond donors (Lipinski definition) is 0. The second-order valence-corrected chi connectivity index (χ2v) is 6.10. The van der Waals surface area contributed by atoms with Crippen molar-refractivity contribution in [1.29, 1.82) is 0 Å². The molecule has 6 heteroatoms. The van der Waals surface area contributed by atoms with Crippen molar-refractivity contribution < 1.29 is 4.79 Å². The Balaban J connectivity index is 1.66. The van der Waals surface area contributed by atoms with E-state index in [9.17, 15) is 4.79 Å². The molecule has 0 bridgehead atoms. The molecule has 122 valence electrons. The number of aryl methyl sites for hydroxylation is 1. The van der Waals surface area contributed by atoms with Gasteiger partial charge in [-0.3, -0.25) is 9.78 Å². The smallest absolute Gasteiger partial charge is 0.227 e. The largest absolute Gasteiger partial charge is 0.342 e. The van der Waals surface area contributed by atoms with Crippen LogP contribution < -0.4 is 0 Å². The molecule has 3 heterocycles. The van der Waals surface area contributed by atoms with Crippen molar-refractivity contribution in [2.75, 3.05) is 13.1 Å². The van der Waals surface area contributed by atoms with E-state index in [2.05, 4.69) is 26.7 Å². The van der Waals surface area contributed by atoms with E-state index in [4.69, 9.17) is 0 Å². The lowest BCUT2D eigenvalue weighted by Crippen LogP contribution is -2.40. The van der Waals surface area contributed by atoms with E-state index in [1.165, 1.54) is 0 Å². The first-order valence-electron chi connectivity index (χ1n) is 8.32. The van der Waals surface area contributed by atoms with Crippen LogP contribution in [0.4, 0.5) is 0 Å². The Morgan fingerprint density at radius 1 is 1.43 bits per heavy atom. The van der Waals surface area contributed by atoms with Gasteiger partial charge in [-0.25, -0.2) is 0 Å². The summed E-state index contributed by atoms with van der Waals surface area (Å²) in [6.45, 7) is 4.65. The summed E-state index contributed by atoms with van der Waals surface area (Å²) < 4.78 is 2.12. The monoisotopic (exact) mass is 313 g/mol. The first kappa shape index (κ1) is 15.6. The maximum atomic E-state index is 12.5. The van der Waals surface area contributed by atoms with Crippen molar-refractivity contribution in [2.45, 2.75) is 45.1 Å². The van der Waals surface area contributed by atoms with Gasteiger partial charge in [0.1, 0.15) is 12.2 Å². The number of carbonyl (C=O) groups excluding carboxylic acids is 1. The van der Waals surface area contributed by atoms with Crippen molar-refractivity contribution in [2.24, 2.45) is 0 Å². The van der Waals surface area contributed by atoms with Crippen LogP contribution in [0, 0.1) is 0 Å². The average molecular weight is 313 g/mol. The number of likely N-dealkylation sites (tertiary alicyclic amines) is 1. The zero-order valence-electron chi connectivity index (χ0n) is 13.6. The molecule has 2 aromatic rings. The van der Waals surface area contributed by atoms with E-state index in [1.54, 1.807) is 18.7 Å². The van der Waals surface area contributed by atoms with Gasteiger partial charge in [-0.05, 0) is 30.9 Å². The number of pyridine rings is 1. The second-order valence-electron chi connectivity index (χ2n) is 6.10. The summed E-state index contributed by atoms with van der Waals surface area (Å²) in [6.07, 6.45) is 8.85. The van der Waals surface area contributed by atoms with Crippen molar-refractivity contribution in [3.63, 3.8) is 0 Å². The fraction of sp³-hybridized carbons (Fsp3) is 0.529. The summed E-state index contributed by atoms with van der Waals surface area (Å²) in [5.41, 5.74) is 0.966. The molecule has 6 nitrogen and oxygen atoms in total. The summed E-state index contributed by atoms with van der Waals surface area (Å²) in [4.78, 5) is 18.6. The molecule has 0 N–H and O–H groups in total. The topological polar surface area (TPSA) is 63.9 Å². The molecule has 1 amide bonds. The number of rotatable bonds is 5. The summed E-state index contributed by atoms with van der Waals surface area (Å²) >= 11 is 0. The third-order valence-corrected chi connectivity index (χ3v) is 4.33. The van der Waals surface area contributed by atoms with Crippen molar-refractivity contribution in [3.05, 3.63) is 42.2 Å².